The first-order valence-electron chi connectivity index (χ1n) is 7.24. The average Bonchev–Trinajstić information content (AvgIpc) is 2.45. The van der Waals surface area contributed by atoms with E-state index in [1.165, 1.54) is 44.2 Å². The zero-order valence-electron chi connectivity index (χ0n) is 11.8. The molecule has 110 valence electrons. The molecule has 1 aromatic rings. The lowest BCUT2D eigenvalue weighted by molar-refractivity contribution is -0.387. The van der Waals surface area contributed by atoms with E-state index >= 15 is 0 Å². The molecule has 1 atom stereocenters. The number of nitrogens with zero attached hydrogens (tertiary/aromatic N) is 1. The summed E-state index contributed by atoms with van der Waals surface area (Å²) >= 11 is 0. The lowest BCUT2D eigenvalue weighted by Gasteiger charge is -2.28. The standard InChI is InChI=1S/C15H21FN2O2/c1-11(13-5-3-2-4-6-13)17-10-12-7-8-15(18(19)20)14(16)9-12/h7-9,11,13,17H,2-6,10H2,1H3. The van der Waals surface area contributed by atoms with Crippen molar-refractivity contribution in [3.05, 3.63) is 39.7 Å². The van der Waals surface area contributed by atoms with E-state index in [0.717, 1.165) is 5.56 Å². The first-order valence-corrected chi connectivity index (χ1v) is 7.24. The molecule has 0 aromatic heterocycles. The van der Waals surface area contributed by atoms with Gasteiger partial charge in [0, 0.05) is 18.7 Å². The molecular formula is C15H21FN2O2. The highest BCUT2D eigenvalue weighted by Crippen LogP contribution is 2.26. The largest absolute Gasteiger partial charge is 0.310 e. The third-order valence-electron chi connectivity index (χ3n) is 4.19. The molecule has 1 aromatic carbocycles. The lowest BCUT2D eigenvalue weighted by atomic mass is 9.84. The van der Waals surface area contributed by atoms with Crippen molar-refractivity contribution in [1.82, 2.24) is 5.32 Å². The van der Waals surface area contributed by atoms with Gasteiger partial charge in [-0.05, 0) is 37.3 Å². The maximum absolute atomic E-state index is 13.5. The van der Waals surface area contributed by atoms with E-state index in [2.05, 4.69) is 12.2 Å². The fourth-order valence-electron chi connectivity index (χ4n) is 2.89. The predicted octanol–water partition coefficient (Wildman–Crippen LogP) is 3.79. The maximum Gasteiger partial charge on any atom is 0.304 e. The quantitative estimate of drug-likeness (QED) is 0.659. The van der Waals surface area contributed by atoms with Gasteiger partial charge in [0.15, 0.2) is 0 Å². The normalized spacial score (nSPS) is 17.9. The Labute approximate surface area is 118 Å². The minimum Gasteiger partial charge on any atom is -0.310 e. The molecule has 0 spiro atoms. The molecule has 2 rings (SSSR count). The van der Waals surface area contributed by atoms with Crippen molar-refractivity contribution in [3.8, 4) is 0 Å². The van der Waals surface area contributed by atoms with Crippen LogP contribution in [0.2, 0.25) is 0 Å². The van der Waals surface area contributed by atoms with Crippen molar-refractivity contribution in [1.29, 1.82) is 0 Å². The summed E-state index contributed by atoms with van der Waals surface area (Å²) < 4.78 is 13.5. The van der Waals surface area contributed by atoms with Crippen molar-refractivity contribution in [2.24, 2.45) is 5.92 Å². The molecule has 0 heterocycles. The number of nitrogens with one attached hydrogen (secondary N) is 1. The lowest BCUT2D eigenvalue weighted by Crippen LogP contribution is -2.34. The molecule has 4 nitrogen and oxygen atoms in total. The SMILES string of the molecule is CC(NCc1ccc([N+](=O)[O-])c(F)c1)C1CCCCC1. The Kier molecular flexibility index (Phi) is 5.06. The molecule has 1 saturated carbocycles. The monoisotopic (exact) mass is 280 g/mol. The minimum atomic E-state index is -0.764. The van der Waals surface area contributed by atoms with E-state index in [-0.39, 0.29) is 0 Å². The van der Waals surface area contributed by atoms with Crippen LogP contribution in [0.4, 0.5) is 10.1 Å². The first kappa shape index (κ1) is 14.9. The molecule has 0 radical (unpaired) electrons. The summed E-state index contributed by atoms with van der Waals surface area (Å²) in [6.45, 7) is 2.71. The van der Waals surface area contributed by atoms with Crippen molar-refractivity contribution in [3.63, 3.8) is 0 Å². The summed E-state index contributed by atoms with van der Waals surface area (Å²) in [5.74, 6) is -0.0775. The van der Waals surface area contributed by atoms with Crippen LogP contribution in [0.25, 0.3) is 0 Å². The summed E-state index contributed by atoms with van der Waals surface area (Å²) in [6.07, 6.45) is 6.42. The minimum absolute atomic E-state index is 0.397. The van der Waals surface area contributed by atoms with Crippen molar-refractivity contribution in [2.45, 2.75) is 51.6 Å². The van der Waals surface area contributed by atoms with E-state index in [1.807, 2.05) is 0 Å². The van der Waals surface area contributed by atoms with Crippen LogP contribution in [0.3, 0.4) is 0 Å². The van der Waals surface area contributed by atoms with E-state index in [0.29, 0.717) is 18.5 Å². The fraction of sp³-hybridized carbons (Fsp3) is 0.600. The van der Waals surface area contributed by atoms with Gasteiger partial charge in [-0.15, -0.1) is 0 Å². The molecule has 1 unspecified atom stereocenters. The highest BCUT2D eigenvalue weighted by atomic mass is 19.1. The second-order valence-corrected chi connectivity index (χ2v) is 5.61. The van der Waals surface area contributed by atoms with Crippen LogP contribution in [-0.2, 0) is 6.54 Å². The Bertz CT molecular complexity index is 473. The van der Waals surface area contributed by atoms with Gasteiger partial charge in [-0.3, -0.25) is 10.1 Å². The third kappa shape index (κ3) is 3.76. The number of rotatable bonds is 5. The third-order valence-corrected chi connectivity index (χ3v) is 4.19. The molecule has 1 fully saturated rings. The first-order chi connectivity index (χ1) is 9.58. The number of benzene rings is 1. The van der Waals surface area contributed by atoms with Crippen LogP contribution >= 0.6 is 0 Å². The van der Waals surface area contributed by atoms with Gasteiger partial charge in [0.25, 0.3) is 0 Å². The van der Waals surface area contributed by atoms with Gasteiger partial charge in [0.05, 0.1) is 4.92 Å². The van der Waals surface area contributed by atoms with Crippen molar-refractivity contribution in [2.75, 3.05) is 0 Å². The molecule has 20 heavy (non-hydrogen) atoms. The Morgan fingerprint density at radius 3 is 2.70 bits per heavy atom. The van der Waals surface area contributed by atoms with Gasteiger partial charge < -0.3 is 5.32 Å². The van der Waals surface area contributed by atoms with E-state index in [1.54, 1.807) is 6.07 Å². The molecule has 1 aliphatic rings. The number of nitro benzene ring substituents is 1. The highest BCUT2D eigenvalue weighted by molar-refractivity contribution is 5.34. The topological polar surface area (TPSA) is 55.2 Å². The molecular weight excluding hydrogens is 259 g/mol. The summed E-state index contributed by atoms with van der Waals surface area (Å²) in [6, 6.07) is 4.49. The van der Waals surface area contributed by atoms with E-state index < -0.39 is 16.4 Å². The molecule has 5 heteroatoms. The fourth-order valence-corrected chi connectivity index (χ4v) is 2.89. The molecule has 0 aliphatic heterocycles. The maximum atomic E-state index is 13.5. The summed E-state index contributed by atoms with van der Waals surface area (Å²) in [5, 5.41) is 14.0. The number of hydrogen-bond acceptors (Lipinski definition) is 3. The Balaban J connectivity index is 1.90. The van der Waals surface area contributed by atoms with Crippen LogP contribution in [0, 0.1) is 21.8 Å². The zero-order valence-corrected chi connectivity index (χ0v) is 11.8. The van der Waals surface area contributed by atoms with E-state index in [4.69, 9.17) is 0 Å². The van der Waals surface area contributed by atoms with Gasteiger partial charge >= 0.3 is 5.69 Å². The summed E-state index contributed by atoms with van der Waals surface area (Å²) in [4.78, 5) is 9.86. The summed E-state index contributed by atoms with van der Waals surface area (Å²) in [5.41, 5.74) is 0.282. The molecule has 0 saturated heterocycles. The van der Waals surface area contributed by atoms with Gasteiger partial charge in [0.1, 0.15) is 0 Å². The Morgan fingerprint density at radius 1 is 1.40 bits per heavy atom. The van der Waals surface area contributed by atoms with Crippen LogP contribution in [0.1, 0.15) is 44.6 Å². The highest BCUT2D eigenvalue weighted by Gasteiger charge is 2.20. The number of hydrogen-bond donors (Lipinski definition) is 1. The molecule has 0 bridgehead atoms. The van der Waals surface area contributed by atoms with Crippen molar-refractivity contribution < 1.29 is 9.31 Å². The van der Waals surface area contributed by atoms with Gasteiger partial charge in [-0.1, -0.05) is 25.3 Å². The number of nitro groups is 1. The molecule has 1 aliphatic carbocycles. The van der Waals surface area contributed by atoms with Crippen LogP contribution < -0.4 is 5.32 Å². The van der Waals surface area contributed by atoms with Crippen LogP contribution in [-0.4, -0.2) is 11.0 Å². The zero-order chi connectivity index (χ0) is 14.5. The average molecular weight is 280 g/mol. The second kappa shape index (κ2) is 6.79. The predicted molar refractivity (Wildman–Crippen MR) is 75.9 cm³/mol. The molecule has 0 amide bonds. The van der Waals surface area contributed by atoms with Crippen molar-refractivity contribution >= 4 is 5.69 Å². The van der Waals surface area contributed by atoms with Gasteiger partial charge in [-0.25, -0.2) is 0 Å². The Morgan fingerprint density at radius 2 is 2.10 bits per heavy atom. The van der Waals surface area contributed by atoms with Gasteiger partial charge in [0.2, 0.25) is 5.82 Å². The summed E-state index contributed by atoms with van der Waals surface area (Å²) in [7, 11) is 0. The smallest absolute Gasteiger partial charge is 0.304 e. The van der Waals surface area contributed by atoms with Crippen LogP contribution in [0.15, 0.2) is 18.2 Å². The van der Waals surface area contributed by atoms with Gasteiger partial charge in [-0.2, -0.15) is 4.39 Å². The number of halogens is 1. The Hall–Kier alpha value is -1.49. The molecule has 1 N–H and O–H groups in total. The van der Waals surface area contributed by atoms with E-state index in [9.17, 15) is 14.5 Å². The second-order valence-electron chi connectivity index (χ2n) is 5.61. The van der Waals surface area contributed by atoms with Crippen LogP contribution in [0.5, 0.6) is 0 Å².